The van der Waals surface area contributed by atoms with Gasteiger partial charge in [-0.25, -0.2) is 9.59 Å². The Morgan fingerprint density at radius 3 is 1.52 bits per heavy atom. The first-order valence-corrected chi connectivity index (χ1v) is 9.95. The second-order valence-electron chi connectivity index (χ2n) is 6.75. The zero-order valence-electron chi connectivity index (χ0n) is 17.7. The number of carbonyl (C=O) groups is 2. The van der Waals surface area contributed by atoms with Crippen LogP contribution in [0.2, 0.25) is 0 Å². The highest BCUT2D eigenvalue weighted by Gasteiger charge is 2.39. The fourth-order valence-corrected chi connectivity index (χ4v) is 3.10. The molecule has 0 amide bonds. The molecule has 0 aliphatic carbocycles. The number of ether oxygens (including phenoxy) is 4. The zero-order chi connectivity index (χ0) is 22.5. The first kappa shape index (κ1) is 24.1. The van der Waals surface area contributed by atoms with E-state index in [4.69, 9.17) is 18.9 Å². The molecule has 0 bridgehead atoms. The molecular weight excluding hydrogens is 396 g/mol. The molecule has 0 N–H and O–H groups in total. The minimum atomic E-state index is -0.748. The zero-order valence-corrected chi connectivity index (χ0v) is 17.7. The van der Waals surface area contributed by atoms with Crippen LogP contribution >= 0.6 is 0 Å². The van der Waals surface area contributed by atoms with Crippen molar-refractivity contribution in [2.45, 2.75) is 18.6 Å². The highest BCUT2D eigenvalue weighted by Crippen LogP contribution is 2.37. The Hall–Kier alpha value is -3.22. The second kappa shape index (κ2) is 12.5. The van der Waals surface area contributed by atoms with Gasteiger partial charge in [0.05, 0.1) is 18.6 Å². The summed E-state index contributed by atoms with van der Waals surface area (Å²) in [5.74, 6) is -1.04. The van der Waals surface area contributed by atoms with Gasteiger partial charge in [0, 0.05) is 12.2 Å². The van der Waals surface area contributed by atoms with Gasteiger partial charge in [0.2, 0.25) is 0 Å². The molecule has 0 aromatic heterocycles. The predicted molar refractivity (Wildman–Crippen MR) is 117 cm³/mol. The van der Waals surface area contributed by atoms with Gasteiger partial charge in [0.25, 0.3) is 0 Å². The van der Waals surface area contributed by atoms with Gasteiger partial charge in [-0.05, 0) is 18.1 Å². The van der Waals surface area contributed by atoms with Crippen molar-refractivity contribution in [3.05, 3.63) is 97.1 Å². The lowest BCUT2D eigenvalue weighted by molar-refractivity contribution is -0.186. The molecule has 0 aliphatic heterocycles. The Labute approximate surface area is 183 Å². The Balaban J connectivity index is 2.26. The van der Waals surface area contributed by atoms with E-state index in [0.717, 1.165) is 23.3 Å². The van der Waals surface area contributed by atoms with Gasteiger partial charge in [0.15, 0.2) is 6.29 Å². The van der Waals surface area contributed by atoms with Gasteiger partial charge in [-0.1, -0.05) is 73.8 Å². The lowest BCUT2D eigenvalue weighted by Gasteiger charge is -2.38. The minimum Gasteiger partial charge on any atom is -0.460 e. The summed E-state index contributed by atoms with van der Waals surface area (Å²) in [5, 5.41) is 0. The van der Waals surface area contributed by atoms with Crippen LogP contribution in [0.3, 0.4) is 0 Å². The molecule has 0 unspecified atom stereocenters. The summed E-state index contributed by atoms with van der Waals surface area (Å²) >= 11 is 0. The van der Waals surface area contributed by atoms with E-state index >= 15 is 0 Å². The molecule has 0 heterocycles. The molecule has 2 aromatic rings. The van der Waals surface area contributed by atoms with E-state index in [2.05, 4.69) is 13.2 Å². The third-order valence-corrected chi connectivity index (χ3v) is 4.75. The van der Waals surface area contributed by atoms with Crippen LogP contribution in [0.4, 0.5) is 0 Å². The van der Waals surface area contributed by atoms with E-state index in [1.807, 2.05) is 67.6 Å². The van der Waals surface area contributed by atoms with Gasteiger partial charge in [-0.15, -0.1) is 0 Å². The molecule has 31 heavy (non-hydrogen) atoms. The standard InChI is InChI=1S/C25H28O6/c1-4-22(26)28-16-18-30-24(31-19-17-29-23(27)5-2)25(3,20-12-8-6-9-13-20)21-14-10-7-11-15-21/h4-15,24H,1-2,16-19H2,3H3. The van der Waals surface area contributed by atoms with Crippen molar-refractivity contribution in [1.82, 2.24) is 0 Å². The van der Waals surface area contributed by atoms with Crippen LogP contribution in [0.5, 0.6) is 0 Å². The summed E-state index contributed by atoms with van der Waals surface area (Å²) in [5.41, 5.74) is 1.28. The van der Waals surface area contributed by atoms with Gasteiger partial charge < -0.3 is 18.9 Å². The summed E-state index contributed by atoms with van der Waals surface area (Å²) in [6, 6.07) is 19.7. The molecule has 0 saturated heterocycles. The number of benzene rings is 2. The number of hydrogen-bond acceptors (Lipinski definition) is 6. The lowest BCUT2D eigenvalue weighted by Crippen LogP contribution is -2.43. The average Bonchev–Trinajstić information content (AvgIpc) is 2.83. The number of rotatable bonds is 13. The van der Waals surface area contributed by atoms with Crippen molar-refractivity contribution in [3.8, 4) is 0 Å². The van der Waals surface area contributed by atoms with E-state index in [-0.39, 0.29) is 26.4 Å². The average molecular weight is 424 g/mol. The second-order valence-corrected chi connectivity index (χ2v) is 6.75. The highest BCUT2D eigenvalue weighted by atomic mass is 16.7. The largest absolute Gasteiger partial charge is 0.460 e. The Kier molecular flexibility index (Phi) is 9.68. The quantitative estimate of drug-likeness (QED) is 0.211. The summed E-state index contributed by atoms with van der Waals surface area (Å²) in [4.78, 5) is 22.6. The number of hydrogen-bond donors (Lipinski definition) is 0. The van der Waals surface area contributed by atoms with Gasteiger partial charge >= 0.3 is 11.9 Å². The SMILES string of the molecule is C=CC(=O)OCCOC(OCCOC(=O)C=C)C(C)(c1ccccc1)c1ccccc1. The summed E-state index contributed by atoms with van der Waals surface area (Å²) < 4.78 is 22.1. The molecule has 0 spiro atoms. The van der Waals surface area contributed by atoms with E-state index in [0.29, 0.717) is 0 Å². The molecule has 2 rings (SSSR count). The third-order valence-electron chi connectivity index (χ3n) is 4.75. The van der Waals surface area contributed by atoms with Crippen LogP contribution in [0, 0.1) is 0 Å². The normalized spacial score (nSPS) is 11.0. The van der Waals surface area contributed by atoms with Crippen LogP contribution < -0.4 is 0 Å². The lowest BCUT2D eigenvalue weighted by atomic mass is 9.75. The molecule has 0 saturated carbocycles. The molecule has 0 fully saturated rings. The van der Waals surface area contributed by atoms with Crippen LogP contribution in [0.25, 0.3) is 0 Å². The molecule has 0 aliphatic rings. The first-order chi connectivity index (χ1) is 15.0. The topological polar surface area (TPSA) is 71.1 Å². The van der Waals surface area contributed by atoms with Crippen LogP contribution in [0.1, 0.15) is 18.1 Å². The third kappa shape index (κ3) is 6.91. The fourth-order valence-electron chi connectivity index (χ4n) is 3.10. The van der Waals surface area contributed by atoms with Gasteiger partial charge in [-0.3, -0.25) is 0 Å². The number of esters is 2. The maximum Gasteiger partial charge on any atom is 0.330 e. The van der Waals surface area contributed by atoms with Crippen LogP contribution in [-0.4, -0.2) is 44.7 Å². The summed E-state index contributed by atoms with van der Waals surface area (Å²) in [7, 11) is 0. The van der Waals surface area contributed by atoms with E-state index < -0.39 is 23.6 Å². The fraction of sp³-hybridized carbons (Fsp3) is 0.280. The number of carbonyl (C=O) groups excluding carboxylic acids is 2. The van der Waals surface area contributed by atoms with Crippen molar-refractivity contribution >= 4 is 11.9 Å². The maximum atomic E-state index is 11.3. The maximum absolute atomic E-state index is 11.3. The van der Waals surface area contributed by atoms with Crippen molar-refractivity contribution < 1.29 is 28.5 Å². The predicted octanol–water partition coefficient (Wildman–Crippen LogP) is 3.81. The van der Waals surface area contributed by atoms with Crippen molar-refractivity contribution in [2.24, 2.45) is 0 Å². The van der Waals surface area contributed by atoms with Crippen molar-refractivity contribution in [3.63, 3.8) is 0 Å². The first-order valence-electron chi connectivity index (χ1n) is 9.95. The minimum absolute atomic E-state index is 0.0514. The molecule has 0 atom stereocenters. The van der Waals surface area contributed by atoms with Crippen LogP contribution in [0.15, 0.2) is 86.0 Å². The molecule has 2 aromatic carbocycles. The van der Waals surface area contributed by atoms with Crippen molar-refractivity contribution in [1.29, 1.82) is 0 Å². The molecule has 164 valence electrons. The Morgan fingerprint density at radius 1 is 0.774 bits per heavy atom. The van der Waals surface area contributed by atoms with Crippen molar-refractivity contribution in [2.75, 3.05) is 26.4 Å². The summed E-state index contributed by atoms with van der Waals surface area (Å²) in [6.45, 7) is 9.11. The summed E-state index contributed by atoms with van der Waals surface area (Å²) in [6.07, 6.45) is 1.45. The van der Waals surface area contributed by atoms with Gasteiger partial charge in [-0.2, -0.15) is 0 Å². The van der Waals surface area contributed by atoms with Crippen LogP contribution in [-0.2, 0) is 34.0 Å². The molecule has 0 radical (unpaired) electrons. The van der Waals surface area contributed by atoms with E-state index in [1.54, 1.807) is 0 Å². The van der Waals surface area contributed by atoms with Gasteiger partial charge in [0.1, 0.15) is 13.2 Å². The molecule has 6 heteroatoms. The Bertz CT molecular complexity index is 779. The molecular formula is C25H28O6. The van der Waals surface area contributed by atoms with E-state index in [9.17, 15) is 9.59 Å². The molecule has 6 nitrogen and oxygen atoms in total. The van der Waals surface area contributed by atoms with E-state index in [1.165, 1.54) is 0 Å². The smallest absolute Gasteiger partial charge is 0.330 e. The Morgan fingerprint density at radius 2 is 1.16 bits per heavy atom. The monoisotopic (exact) mass is 424 g/mol. The highest BCUT2D eigenvalue weighted by molar-refractivity contribution is 5.81.